The van der Waals surface area contributed by atoms with Crippen molar-refractivity contribution in [1.82, 2.24) is 0 Å². The van der Waals surface area contributed by atoms with Crippen LogP contribution >= 0.6 is 0 Å². The Kier molecular flexibility index (Phi) is 7.48. The van der Waals surface area contributed by atoms with Gasteiger partial charge in [0.15, 0.2) is 0 Å². The van der Waals surface area contributed by atoms with Crippen LogP contribution in [0.2, 0.25) is 0 Å². The highest BCUT2D eigenvalue weighted by Gasteiger charge is 2.47. The third-order valence-electron chi connectivity index (χ3n) is 11.2. The molecule has 0 saturated carbocycles. The van der Waals surface area contributed by atoms with Gasteiger partial charge in [0, 0.05) is 0 Å². The van der Waals surface area contributed by atoms with Gasteiger partial charge >= 0.3 is 0 Å². The van der Waals surface area contributed by atoms with Gasteiger partial charge in [0.05, 0.1) is 5.41 Å². The van der Waals surface area contributed by atoms with Crippen LogP contribution in [0.5, 0.6) is 0 Å². The van der Waals surface area contributed by atoms with Crippen LogP contribution < -0.4 is 0 Å². The zero-order valence-corrected chi connectivity index (χ0v) is 29.3. The second-order valence-corrected chi connectivity index (χ2v) is 14.0. The van der Waals surface area contributed by atoms with Crippen LogP contribution in [0.4, 0.5) is 0 Å². The summed E-state index contributed by atoms with van der Waals surface area (Å²) in [5.74, 6) is 0. The first-order chi connectivity index (χ1) is 26.3. The molecule has 0 unspecified atom stereocenters. The zero-order chi connectivity index (χ0) is 35.2. The number of fused-ring (bicyclic) bond motifs is 5. The van der Waals surface area contributed by atoms with Gasteiger partial charge in [-0.05, 0) is 101 Å². The summed E-state index contributed by atoms with van der Waals surface area (Å²) in [5, 5.41) is 2.53. The lowest BCUT2D eigenvalue weighted by atomic mass is 9.67. The van der Waals surface area contributed by atoms with Crippen LogP contribution in [0.3, 0.4) is 0 Å². The number of benzene rings is 9. The summed E-state index contributed by atoms with van der Waals surface area (Å²) >= 11 is 0. The molecule has 0 aliphatic heterocycles. The molecule has 0 spiro atoms. The fourth-order valence-electron chi connectivity index (χ4n) is 8.93. The maximum Gasteiger partial charge on any atom is 0.0714 e. The predicted octanol–water partition coefficient (Wildman–Crippen LogP) is 13.9. The summed E-state index contributed by atoms with van der Waals surface area (Å²) in [4.78, 5) is 0. The van der Waals surface area contributed by atoms with E-state index in [4.69, 9.17) is 0 Å². The Hall–Kier alpha value is -6.76. The number of hydrogen-bond donors (Lipinski definition) is 0. The van der Waals surface area contributed by atoms with Gasteiger partial charge in [-0.15, -0.1) is 0 Å². The largest absolute Gasteiger partial charge is 0.0714 e. The van der Waals surface area contributed by atoms with Crippen molar-refractivity contribution in [3.8, 4) is 55.6 Å². The van der Waals surface area contributed by atoms with Gasteiger partial charge < -0.3 is 0 Å². The van der Waals surface area contributed by atoms with Crippen LogP contribution in [0, 0.1) is 0 Å². The Balaban J connectivity index is 1.33. The molecular weight excluding hydrogens is 637 g/mol. The SMILES string of the molecule is c1ccc(-c2ccccc2-c2ccc3c(c2)C(c2ccccc2)(c2ccccc2)c2cc(-c4ccccc4-c4ccccc4)c4ccccc4c2-3)cc1. The second kappa shape index (κ2) is 12.8. The highest BCUT2D eigenvalue weighted by molar-refractivity contribution is 6.11. The minimum Gasteiger partial charge on any atom is -0.0622 e. The molecule has 9 aromatic rings. The van der Waals surface area contributed by atoms with E-state index in [0.717, 1.165) is 0 Å². The van der Waals surface area contributed by atoms with Gasteiger partial charge in [0.25, 0.3) is 0 Å². The normalized spacial score (nSPS) is 12.7. The van der Waals surface area contributed by atoms with Crippen molar-refractivity contribution in [2.45, 2.75) is 5.41 Å². The molecule has 0 saturated heterocycles. The summed E-state index contributed by atoms with van der Waals surface area (Å²) in [6, 6.07) is 80.4. The van der Waals surface area contributed by atoms with E-state index in [1.165, 1.54) is 88.7 Å². The first-order valence-corrected chi connectivity index (χ1v) is 18.4. The summed E-state index contributed by atoms with van der Waals surface area (Å²) in [6.45, 7) is 0. The molecule has 0 amide bonds. The highest BCUT2D eigenvalue weighted by Crippen LogP contribution is 2.60. The maximum atomic E-state index is 2.52. The van der Waals surface area contributed by atoms with E-state index in [2.05, 4.69) is 218 Å². The molecule has 0 aromatic heterocycles. The predicted molar refractivity (Wildman–Crippen MR) is 223 cm³/mol. The fraction of sp³-hybridized carbons (Fsp3) is 0.0189. The zero-order valence-electron chi connectivity index (χ0n) is 29.3. The quantitative estimate of drug-likeness (QED) is 0.165. The highest BCUT2D eigenvalue weighted by atomic mass is 14.5. The van der Waals surface area contributed by atoms with Crippen LogP contribution in [-0.2, 0) is 5.41 Å². The van der Waals surface area contributed by atoms with Gasteiger partial charge in [0.1, 0.15) is 0 Å². The molecule has 9 aromatic carbocycles. The fourth-order valence-corrected chi connectivity index (χ4v) is 8.93. The van der Waals surface area contributed by atoms with E-state index in [1.54, 1.807) is 0 Å². The van der Waals surface area contributed by atoms with Gasteiger partial charge in [0.2, 0.25) is 0 Å². The number of hydrogen-bond acceptors (Lipinski definition) is 0. The molecule has 53 heavy (non-hydrogen) atoms. The number of rotatable bonds is 6. The Bertz CT molecular complexity index is 2700. The lowest BCUT2D eigenvalue weighted by molar-refractivity contribution is 0.769. The molecule has 10 rings (SSSR count). The van der Waals surface area contributed by atoms with Crippen molar-refractivity contribution in [2.24, 2.45) is 0 Å². The van der Waals surface area contributed by atoms with E-state index in [1.807, 2.05) is 0 Å². The van der Waals surface area contributed by atoms with Crippen LogP contribution in [0.15, 0.2) is 218 Å². The molecule has 0 bridgehead atoms. The molecular formula is C53H36. The average molecular weight is 673 g/mol. The lowest BCUT2D eigenvalue weighted by Gasteiger charge is -2.34. The van der Waals surface area contributed by atoms with Crippen molar-refractivity contribution in [2.75, 3.05) is 0 Å². The lowest BCUT2D eigenvalue weighted by Crippen LogP contribution is -2.28. The monoisotopic (exact) mass is 672 g/mol. The van der Waals surface area contributed by atoms with E-state index in [-0.39, 0.29) is 0 Å². The van der Waals surface area contributed by atoms with Crippen molar-refractivity contribution in [1.29, 1.82) is 0 Å². The maximum absolute atomic E-state index is 2.52. The third-order valence-corrected chi connectivity index (χ3v) is 11.2. The smallest absolute Gasteiger partial charge is 0.0622 e. The molecule has 0 nitrogen and oxygen atoms in total. The van der Waals surface area contributed by atoms with Crippen molar-refractivity contribution in [3.05, 3.63) is 241 Å². The minimum atomic E-state index is -0.564. The molecule has 0 N–H and O–H groups in total. The van der Waals surface area contributed by atoms with Gasteiger partial charge in [-0.25, -0.2) is 0 Å². The Morgan fingerprint density at radius 3 is 1.25 bits per heavy atom. The van der Waals surface area contributed by atoms with Gasteiger partial charge in [-0.3, -0.25) is 0 Å². The molecule has 0 heteroatoms. The van der Waals surface area contributed by atoms with Gasteiger partial charge in [-0.1, -0.05) is 206 Å². The van der Waals surface area contributed by atoms with E-state index >= 15 is 0 Å². The summed E-state index contributed by atoms with van der Waals surface area (Å²) < 4.78 is 0. The molecule has 0 heterocycles. The molecule has 0 atom stereocenters. The topological polar surface area (TPSA) is 0 Å². The summed E-state index contributed by atoms with van der Waals surface area (Å²) in [5.41, 5.74) is 17.0. The van der Waals surface area contributed by atoms with E-state index < -0.39 is 5.41 Å². The molecule has 0 radical (unpaired) electrons. The van der Waals surface area contributed by atoms with E-state index in [0.29, 0.717) is 0 Å². The summed E-state index contributed by atoms with van der Waals surface area (Å²) in [6.07, 6.45) is 0. The van der Waals surface area contributed by atoms with Gasteiger partial charge in [-0.2, -0.15) is 0 Å². The Labute approximate surface area is 311 Å². The Morgan fingerprint density at radius 1 is 0.245 bits per heavy atom. The first-order valence-electron chi connectivity index (χ1n) is 18.4. The molecule has 1 aliphatic carbocycles. The van der Waals surface area contributed by atoms with Crippen LogP contribution in [0.1, 0.15) is 22.3 Å². The average Bonchev–Trinajstić information content (AvgIpc) is 3.55. The molecule has 1 aliphatic rings. The van der Waals surface area contributed by atoms with Crippen molar-refractivity contribution < 1.29 is 0 Å². The summed E-state index contributed by atoms with van der Waals surface area (Å²) in [7, 11) is 0. The molecule has 0 fully saturated rings. The van der Waals surface area contributed by atoms with E-state index in [9.17, 15) is 0 Å². The standard InChI is InChI=1S/C53H36/c1-5-19-37(20-6-1)42-27-13-14-29-44(42)39-33-34-48-50(35-39)53(40-23-9-3-10-24-40,41-25-11-4-12-26-41)51-36-49(46-31-17-18-32-47(46)52(48)51)45-30-16-15-28-43(45)38-21-7-2-8-22-38/h1-36H. The van der Waals surface area contributed by atoms with Crippen molar-refractivity contribution in [3.63, 3.8) is 0 Å². The Morgan fingerprint density at radius 2 is 0.679 bits per heavy atom. The van der Waals surface area contributed by atoms with Crippen LogP contribution in [-0.4, -0.2) is 0 Å². The third kappa shape index (κ3) is 4.91. The first kappa shape index (κ1) is 31.0. The van der Waals surface area contributed by atoms with Crippen LogP contribution in [0.25, 0.3) is 66.4 Å². The second-order valence-electron chi connectivity index (χ2n) is 14.0. The van der Waals surface area contributed by atoms with Crippen molar-refractivity contribution >= 4 is 10.8 Å². The molecule has 248 valence electrons. The minimum absolute atomic E-state index is 0.564.